The van der Waals surface area contributed by atoms with Crippen molar-refractivity contribution in [3.8, 4) is 22.7 Å². The van der Waals surface area contributed by atoms with E-state index in [1.807, 2.05) is 0 Å². The van der Waals surface area contributed by atoms with Crippen LogP contribution in [0.2, 0.25) is 18.1 Å². The van der Waals surface area contributed by atoms with Gasteiger partial charge in [0.2, 0.25) is 5.82 Å². The van der Waals surface area contributed by atoms with Crippen LogP contribution in [0.25, 0.3) is 10.8 Å². The molecule has 0 spiro atoms. The molecular weight excluding hydrogens is 420 g/mol. The number of hydrogen-bond donors (Lipinski definition) is 0. The molecule has 0 aliphatic carbocycles. The summed E-state index contributed by atoms with van der Waals surface area (Å²) in [6.45, 7) is 17.0. The highest BCUT2D eigenvalue weighted by Gasteiger charge is 2.36. The van der Waals surface area contributed by atoms with Crippen molar-refractivity contribution in [1.29, 1.82) is 0 Å². The molecular formula is C19H30N6O3SSi. The Kier molecular flexibility index (Phi) is 7.49. The first-order valence-corrected chi connectivity index (χ1v) is 13.5. The molecule has 0 saturated carbocycles. The number of aromatic nitrogens is 6. The van der Waals surface area contributed by atoms with Gasteiger partial charge in [-0.2, -0.15) is 4.80 Å². The van der Waals surface area contributed by atoms with Crippen LogP contribution in [0.15, 0.2) is 0 Å². The second-order valence-electron chi connectivity index (χ2n) is 9.30. The van der Waals surface area contributed by atoms with Crippen molar-refractivity contribution in [3.63, 3.8) is 0 Å². The average Bonchev–Trinajstić information content (AvgIpc) is 3.20. The number of esters is 1. The molecule has 30 heavy (non-hydrogen) atoms. The number of carbonyl (C=O) groups excluding carboxylic acids is 1. The third kappa shape index (κ3) is 7.27. The Morgan fingerprint density at radius 3 is 2.47 bits per heavy atom. The maximum atomic E-state index is 11.9. The minimum atomic E-state index is -1.75. The van der Waals surface area contributed by atoms with Gasteiger partial charge in [0.1, 0.15) is 5.60 Å². The van der Waals surface area contributed by atoms with Gasteiger partial charge in [-0.15, -0.1) is 20.4 Å². The van der Waals surface area contributed by atoms with E-state index in [1.54, 1.807) is 20.8 Å². The van der Waals surface area contributed by atoms with Gasteiger partial charge in [-0.25, -0.2) is 4.79 Å². The summed E-state index contributed by atoms with van der Waals surface area (Å²) in [6, 6.07) is 0. The fourth-order valence-electron chi connectivity index (χ4n) is 1.96. The summed E-state index contributed by atoms with van der Waals surface area (Å²) in [5.41, 5.74) is -0.566. The molecule has 0 N–H and O–H groups in total. The number of ether oxygens (including phenoxy) is 1. The molecule has 2 aromatic rings. The van der Waals surface area contributed by atoms with Crippen LogP contribution in [-0.4, -0.2) is 56.9 Å². The fourth-order valence-corrected chi connectivity index (χ4v) is 3.65. The van der Waals surface area contributed by atoms with E-state index in [0.29, 0.717) is 28.9 Å². The van der Waals surface area contributed by atoms with E-state index in [4.69, 9.17) is 9.16 Å². The number of hydrogen-bond acceptors (Lipinski definition) is 9. The van der Waals surface area contributed by atoms with Gasteiger partial charge in [0.25, 0.3) is 0 Å². The van der Waals surface area contributed by atoms with Crippen molar-refractivity contribution in [2.24, 2.45) is 0 Å². The first-order chi connectivity index (χ1) is 13.8. The lowest BCUT2D eigenvalue weighted by Gasteiger charge is -2.35. The third-order valence-corrected chi connectivity index (χ3v) is 9.82. The highest BCUT2D eigenvalue weighted by molar-refractivity contribution is 7.15. The van der Waals surface area contributed by atoms with Crippen molar-refractivity contribution in [2.45, 2.75) is 78.2 Å². The van der Waals surface area contributed by atoms with E-state index in [2.05, 4.69) is 71.3 Å². The minimum absolute atomic E-state index is 0.121. The molecule has 2 aromatic heterocycles. The molecule has 2 rings (SSSR count). The third-order valence-electron chi connectivity index (χ3n) is 4.45. The molecule has 11 heteroatoms. The zero-order chi connectivity index (χ0) is 22.6. The zero-order valence-corrected chi connectivity index (χ0v) is 20.8. The van der Waals surface area contributed by atoms with Gasteiger partial charge in [0, 0.05) is 13.0 Å². The quantitative estimate of drug-likeness (QED) is 0.286. The molecule has 0 atom stereocenters. The van der Waals surface area contributed by atoms with E-state index < -0.39 is 19.9 Å². The largest absolute Gasteiger partial charge is 0.459 e. The number of rotatable bonds is 6. The highest BCUT2D eigenvalue weighted by atomic mass is 32.1. The zero-order valence-electron chi connectivity index (χ0n) is 18.9. The Bertz CT molecular complexity index is 930. The van der Waals surface area contributed by atoms with E-state index in [0.717, 1.165) is 0 Å². The lowest BCUT2D eigenvalue weighted by molar-refractivity contribution is -0.156. The van der Waals surface area contributed by atoms with Gasteiger partial charge in [0.05, 0.1) is 0 Å². The number of nitrogens with zero attached hydrogens (tertiary/aromatic N) is 6. The van der Waals surface area contributed by atoms with Crippen LogP contribution in [0.5, 0.6) is 0 Å². The molecule has 0 aliphatic rings. The van der Waals surface area contributed by atoms with Crippen molar-refractivity contribution in [1.82, 2.24) is 30.4 Å². The van der Waals surface area contributed by atoms with E-state index in [-0.39, 0.29) is 11.6 Å². The molecule has 0 amide bonds. The summed E-state index contributed by atoms with van der Waals surface area (Å²) in [6.07, 6.45) is 0.631. The molecule has 0 aromatic carbocycles. The Balaban J connectivity index is 1.90. The standard InChI is InChI=1S/C19H30N6O3SSi/c1-18(2,3)28-15(26)13-25-23-16(21-24-25)17-22-20-14(29-17)11-9-10-12-27-30(7,8)19(4,5)6/h10,12-13H2,1-8H3. The summed E-state index contributed by atoms with van der Waals surface area (Å²) >= 11 is 1.27. The molecule has 0 aliphatic heterocycles. The lowest BCUT2D eigenvalue weighted by atomic mass is 10.2. The van der Waals surface area contributed by atoms with Gasteiger partial charge >= 0.3 is 5.97 Å². The average molecular weight is 451 g/mol. The van der Waals surface area contributed by atoms with Crippen molar-refractivity contribution in [2.75, 3.05) is 6.61 Å². The maximum Gasteiger partial charge on any atom is 0.330 e. The summed E-state index contributed by atoms with van der Waals surface area (Å²) in [5, 5.41) is 21.3. The number of carbonyl (C=O) groups is 1. The summed E-state index contributed by atoms with van der Waals surface area (Å²) < 4.78 is 11.4. The summed E-state index contributed by atoms with van der Waals surface area (Å²) in [7, 11) is -1.75. The normalized spacial score (nSPS) is 12.4. The molecule has 0 unspecified atom stereocenters. The molecule has 0 fully saturated rings. The Labute approximate surface area is 182 Å². The van der Waals surface area contributed by atoms with Crippen molar-refractivity contribution >= 4 is 25.6 Å². The molecule has 164 valence electrons. The van der Waals surface area contributed by atoms with Gasteiger partial charge in [0.15, 0.2) is 24.9 Å². The topological polar surface area (TPSA) is 105 Å². The van der Waals surface area contributed by atoms with Crippen molar-refractivity contribution < 1.29 is 14.0 Å². The molecule has 9 nitrogen and oxygen atoms in total. The Morgan fingerprint density at radius 1 is 1.13 bits per heavy atom. The predicted molar refractivity (Wildman–Crippen MR) is 117 cm³/mol. The van der Waals surface area contributed by atoms with Crippen LogP contribution >= 0.6 is 11.3 Å². The van der Waals surface area contributed by atoms with Gasteiger partial charge in [-0.05, 0) is 50.0 Å². The van der Waals surface area contributed by atoms with Crippen LogP contribution in [-0.2, 0) is 20.5 Å². The first kappa shape index (κ1) is 24.1. The second-order valence-corrected chi connectivity index (χ2v) is 15.1. The summed E-state index contributed by atoms with van der Waals surface area (Å²) in [4.78, 5) is 13.0. The SMILES string of the molecule is CC(C)(C)OC(=O)Cn1nnc(-c2nnc(C#CCCO[Si](C)(C)C(C)(C)C)s2)n1. The highest BCUT2D eigenvalue weighted by Crippen LogP contribution is 2.36. The minimum Gasteiger partial charge on any atom is -0.459 e. The van der Waals surface area contributed by atoms with E-state index in [9.17, 15) is 4.79 Å². The molecule has 2 heterocycles. The van der Waals surface area contributed by atoms with E-state index >= 15 is 0 Å². The predicted octanol–water partition coefficient (Wildman–Crippen LogP) is 3.30. The monoisotopic (exact) mass is 450 g/mol. The maximum absolute atomic E-state index is 11.9. The smallest absolute Gasteiger partial charge is 0.330 e. The van der Waals surface area contributed by atoms with Crippen LogP contribution in [0.3, 0.4) is 0 Å². The van der Waals surface area contributed by atoms with Crippen LogP contribution in [0, 0.1) is 11.8 Å². The lowest BCUT2D eigenvalue weighted by Crippen LogP contribution is -2.40. The van der Waals surface area contributed by atoms with Crippen LogP contribution < -0.4 is 0 Å². The Morgan fingerprint density at radius 2 is 1.83 bits per heavy atom. The van der Waals surface area contributed by atoms with E-state index in [1.165, 1.54) is 16.1 Å². The van der Waals surface area contributed by atoms with Crippen LogP contribution in [0.4, 0.5) is 0 Å². The number of tetrazole rings is 1. The van der Waals surface area contributed by atoms with Gasteiger partial charge in [-0.3, -0.25) is 0 Å². The molecule has 0 bridgehead atoms. The van der Waals surface area contributed by atoms with Gasteiger partial charge < -0.3 is 9.16 Å². The molecule has 0 radical (unpaired) electrons. The molecule has 0 saturated heterocycles. The summed E-state index contributed by atoms with van der Waals surface area (Å²) in [5.74, 6) is 5.94. The first-order valence-electron chi connectivity index (χ1n) is 9.73. The van der Waals surface area contributed by atoms with Crippen LogP contribution in [0.1, 0.15) is 53.0 Å². The fraction of sp³-hybridized carbons (Fsp3) is 0.684. The second kappa shape index (κ2) is 9.32. The van der Waals surface area contributed by atoms with Crippen molar-refractivity contribution in [3.05, 3.63) is 5.01 Å². The Hall–Kier alpha value is -2.16. The van der Waals surface area contributed by atoms with Gasteiger partial charge in [-0.1, -0.05) is 38.0 Å².